The number of carbonyl (C=O) groups is 1. The number of hydrogen-bond donors (Lipinski definition) is 3. The molecule has 1 aliphatic rings. The van der Waals surface area contributed by atoms with E-state index in [1.165, 1.54) is 24.3 Å². The normalized spacial score (nSPS) is 15.2. The third-order valence-corrected chi connectivity index (χ3v) is 4.21. The second kappa shape index (κ2) is 5.58. The van der Waals surface area contributed by atoms with Crippen LogP contribution in [0.1, 0.15) is 19.3 Å². The predicted molar refractivity (Wildman–Crippen MR) is 69.1 cm³/mol. The summed E-state index contributed by atoms with van der Waals surface area (Å²) in [7, 11) is -3.63. The summed E-state index contributed by atoms with van der Waals surface area (Å²) < 4.78 is 26.0. The summed E-state index contributed by atoms with van der Waals surface area (Å²) in [5, 5.41) is 11.9. The zero-order valence-electron chi connectivity index (χ0n) is 10.3. The van der Waals surface area contributed by atoms with Gasteiger partial charge in [-0.15, -0.1) is 0 Å². The van der Waals surface area contributed by atoms with Crippen LogP contribution in [-0.4, -0.2) is 32.0 Å². The molecule has 6 nitrogen and oxygen atoms in total. The summed E-state index contributed by atoms with van der Waals surface area (Å²) >= 11 is 0. The molecule has 1 fully saturated rings. The van der Waals surface area contributed by atoms with E-state index in [2.05, 4.69) is 10.0 Å². The number of phenols is 1. The molecule has 0 aromatic heterocycles. The summed E-state index contributed by atoms with van der Waals surface area (Å²) in [6.45, 7) is 0.0573. The summed E-state index contributed by atoms with van der Waals surface area (Å²) in [5.41, 5.74) is 0. The minimum absolute atomic E-state index is 0.00256. The minimum atomic E-state index is -3.63. The van der Waals surface area contributed by atoms with Gasteiger partial charge in [-0.2, -0.15) is 0 Å². The average molecular weight is 284 g/mol. The van der Waals surface area contributed by atoms with Crippen molar-refractivity contribution in [2.75, 3.05) is 6.54 Å². The van der Waals surface area contributed by atoms with Crippen LogP contribution >= 0.6 is 0 Å². The standard InChI is InChI=1S/C12H16N2O4S/c15-10-3-5-11(6-4-10)19(17,18)13-8-7-12(16)14-9-1-2-9/h3-6,9,13,15H,1-2,7-8H2,(H,14,16). The van der Waals surface area contributed by atoms with E-state index < -0.39 is 10.0 Å². The lowest BCUT2D eigenvalue weighted by Gasteiger charge is -2.07. The van der Waals surface area contributed by atoms with Crippen LogP contribution in [0.3, 0.4) is 0 Å². The van der Waals surface area contributed by atoms with E-state index >= 15 is 0 Å². The van der Waals surface area contributed by atoms with Crippen molar-refractivity contribution in [3.05, 3.63) is 24.3 Å². The Morgan fingerprint density at radius 3 is 2.47 bits per heavy atom. The Bertz CT molecular complexity index is 550. The molecular weight excluding hydrogens is 268 g/mol. The highest BCUT2D eigenvalue weighted by molar-refractivity contribution is 7.89. The van der Waals surface area contributed by atoms with Crippen molar-refractivity contribution in [2.45, 2.75) is 30.2 Å². The van der Waals surface area contributed by atoms with Crippen molar-refractivity contribution in [1.82, 2.24) is 10.0 Å². The molecule has 0 aliphatic heterocycles. The lowest BCUT2D eigenvalue weighted by molar-refractivity contribution is -0.121. The lowest BCUT2D eigenvalue weighted by Crippen LogP contribution is -2.31. The van der Waals surface area contributed by atoms with Gasteiger partial charge in [0.25, 0.3) is 0 Å². The number of benzene rings is 1. The van der Waals surface area contributed by atoms with Crippen LogP contribution in [0.15, 0.2) is 29.2 Å². The van der Waals surface area contributed by atoms with Gasteiger partial charge in [0.15, 0.2) is 0 Å². The van der Waals surface area contributed by atoms with Gasteiger partial charge in [0.05, 0.1) is 4.90 Å². The molecule has 0 bridgehead atoms. The monoisotopic (exact) mass is 284 g/mol. The van der Waals surface area contributed by atoms with Crippen LogP contribution in [-0.2, 0) is 14.8 Å². The third kappa shape index (κ3) is 4.22. The minimum Gasteiger partial charge on any atom is -0.508 e. The SMILES string of the molecule is O=C(CCNS(=O)(=O)c1ccc(O)cc1)NC1CC1. The Morgan fingerprint density at radius 2 is 1.89 bits per heavy atom. The molecule has 1 aromatic carbocycles. The highest BCUT2D eigenvalue weighted by Gasteiger charge is 2.23. The van der Waals surface area contributed by atoms with E-state index in [1.807, 2.05) is 0 Å². The number of hydrogen-bond acceptors (Lipinski definition) is 4. The molecule has 19 heavy (non-hydrogen) atoms. The summed E-state index contributed by atoms with van der Waals surface area (Å²) in [4.78, 5) is 11.4. The number of carbonyl (C=O) groups excluding carboxylic acids is 1. The second-order valence-corrected chi connectivity index (χ2v) is 6.25. The van der Waals surface area contributed by atoms with Crippen molar-refractivity contribution in [1.29, 1.82) is 0 Å². The first kappa shape index (κ1) is 13.8. The average Bonchev–Trinajstić information content (AvgIpc) is 3.13. The van der Waals surface area contributed by atoms with Crippen LogP contribution in [0.25, 0.3) is 0 Å². The third-order valence-electron chi connectivity index (χ3n) is 2.73. The van der Waals surface area contributed by atoms with Crippen LogP contribution in [0.5, 0.6) is 5.75 Å². The Kier molecular flexibility index (Phi) is 4.06. The Hall–Kier alpha value is -1.60. The van der Waals surface area contributed by atoms with Crippen molar-refractivity contribution in [3.63, 3.8) is 0 Å². The van der Waals surface area contributed by atoms with Crippen LogP contribution in [0.2, 0.25) is 0 Å². The molecule has 0 atom stereocenters. The number of phenolic OH excluding ortho intramolecular Hbond substituents is 1. The number of amides is 1. The van der Waals surface area contributed by atoms with Crippen molar-refractivity contribution in [3.8, 4) is 5.75 Å². The van der Waals surface area contributed by atoms with E-state index in [4.69, 9.17) is 5.11 Å². The van der Waals surface area contributed by atoms with E-state index in [9.17, 15) is 13.2 Å². The van der Waals surface area contributed by atoms with Gasteiger partial charge in [-0.25, -0.2) is 13.1 Å². The van der Waals surface area contributed by atoms with Crippen LogP contribution in [0.4, 0.5) is 0 Å². The number of sulfonamides is 1. The molecule has 1 saturated carbocycles. The topological polar surface area (TPSA) is 95.5 Å². The van der Waals surface area contributed by atoms with E-state index in [1.54, 1.807) is 0 Å². The largest absolute Gasteiger partial charge is 0.508 e. The fourth-order valence-electron chi connectivity index (χ4n) is 1.54. The van der Waals surface area contributed by atoms with Crippen molar-refractivity contribution < 1.29 is 18.3 Å². The first-order chi connectivity index (χ1) is 8.97. The molecule has 0 radical (unpaired) electrons. The fraction of sp³-hybridized carbons (Fsp3) is 0.417. The Labute approximate surface area is 111 Å². The number of aromatic hydroxyl groups is 1. The zero-order valence-corrected chi connectivity index (χ0v) is 11.1. The lowest BCUT2D eigenvalue weighted by atomic mass is 10.3. The Balaban J connectivity index is 1.83. The first-order valence-corrected chi connectivity index (χ1v) is 7.54. The second-order valence-electron chi connectivity index (χ2n) is 4.48. The molecule has 0 heterocycles. The highest BCUT2D eigenvalue weighted by Crippen LogP contribution is 2.18. The molecule has 7 heteroatoms. The number of rotatable bonds is 6. The van der Waals surface area contributed by atoms with Gasteiger partial charge in [0.2, 0.25) is 15.9 Å². The first-order valence-electron chi connectivity index (χ1n) is 6.05. The van der Waals surface area contributed by atoms with Crippen LogP contribution in [0, 0.1) is 0 Å². The van der Waals surface area contributed by atoms with E-state index in [0.717, 1.165) is 12.8 Å². The molecule has 1 aliphatic carbocycles. The molecule has 1 aromatic rings. The molecule has 104 valence electrons. The maximum absolute atomic E-state index is 11.8. The molecule has 3 N–H and O–H groups in total. The zero-order chi connectivity index (χ0) is 13.9. The summed E-state index contributed by atoms with van der Waals surface area (Å²) in [5.74, 6) is -0.140. The number of nitrogens with one attached hydrogen (secondary N) is 2. The van der Waals surface area contributed by atoms with Gasteiger partial charge in [-0.05, 0) is 37.1 Å². The molecule has 0 unspecified atom stereocenters. The van der Waals surface area contributed by atoms with E-state index in [0.29, 0.717) is 0 Å². The fourth-order valence-corrected chi connectivity index (χ4v) is 2.57. The maximum Gasteiger partial charge on any atom is 0.240 e. The van der Waals surface area contributed by atoms with Gasteiger partial charge in [0, 0.05) is 19.0 Å². The molecule has 1 amide bonds. The van der Waals surface area contributed by atoms with Gasteiger partial charge in [0.1, 0.15) is 5.75 Å². The molecule has 0 saturated heterocycles. The smallest absolute Gasteiger partial charge is 0.240 e. The maximum atomic E-state index is 11.8. The Morgan fingerprint density at radius 1 is 1.26 bits per heavy atom. The van der Waals surface area contributed by atoms with Crippen LogP contribution < -0.4 is 10.0 Å². The van der Waals surface area contributed by atoms with Gasteiger partial charge >= 0.3 is 0 Å². The summed E-state index contributed by atoms with van der Waals surface area (Å²) in [6.07, 6.45) is 2.13. The van der Waals surface area contributed by atoms with Crippen molar-refractivity contribution >= 4 is 15.9 Å². The van der Waals surface area contributed by atoms with Crippen molar-refractivity contribution in [2.24, 2.45) is 0 Å². The predicted octanol–water partition coefficient (Wildman–Crippen LogP) is 0.339. The van der Waals surface area contributed by atoms with Gasteiger partial charge < -0.3 is 10.4 Å². The highest BCUT2D eigenvalue weighted by atomic mass is 32.2. The molecular formula is C12H16N2O4S. The summed E-state index contributed by atoms with van der Waals surface area (Å²) in [6, 6.07) is 5.49. The van der Waals surface area contributed by atoms with E-state index in [-0.39, 0.29) is 35.6 Å². The molecule has 0 spiro atoms. The quantitative estimate of drug-likeness (QED) is 0.702. The molecule has 2 rings (SSSR count). The van der Waals surface area contributed by atoms with Gasteiger partial charge in [-0.3, -0.25) is 4.79 Å². The van der Waals surface area contributed by atoms with Gasteiger partial charge in [-0.1, -0.05) is 0 Å².